The highest BCUT2D eigenvalue weighted by molar-refractivity contribution is 7.19. The Hall–Kier alpha value is -2.52. The van der Waals surface area contributed by atoms with Gasteiger partial charge in [0.2, 0.25) is 0 Å². The largest absolute Gasteiger partial charge is 0.236 e. The topological polar surface area (TPSA) is 12.9 Å². The third kappa shape index (κ3) is 2.40. The Morgan fingerprint density at radius 3 is 2.55 bits per heavy atom. The van der Waals surface area contributed by atoms with Crippen LogP contribution in [0.25, 0.3) is 33.1 Å². The molecule has 0 N–H and O–H groups in total. The SMILES string of the molecule is Fc1ccc(/C=C/c2nc3c(ccc4ccccc43)s2)cc1. The number of benzene rings is 3. The number of halogens is 1. The lowest BCUT2D eigenvalue weighted by Crippen LogP contribution is -1.76. The lowest BCUT2D eigenvalue weighted by atomic mass is 10.1. The average Bonchev–Trinajstić information content (AvgIpc) is 2.98. The van der Waals surface area contributed by atoms with Crippen LogP contribution in [-0.2, 0) is 0 Å². The smallest absolute Gasteiger partial charge is 0.123 e. The van der Waals surface area contributed by atoms with Crippen LogP contribution in [0.1, 0.15) is 10.6 Å². The van der Waals surface area contributed by atoms with Crippen LogP contribution in [0.5, 0.6) is 0 Å². The van der Waals surface area contributed by atoms with E-state index in [1.165, 1.54) is 27.6 Å². The van der Waals surface area contributed by atoms with E-state index in [0.29, 0.717) is 0 Å². The molecular formula is C19H12FNS. The van der Waals surface area contributed by atoms with E-state index in [0.717, 1.165) is 16.1 Å². The van der Waals surface area contributed by atoms with Gasteiger partial charge in [0.05, 0.1) is 10.2 Å². The quantitative estimate of drug-likeness (QED) is 0.459. The zero-order chi connectivity index (χ0) is 14.9. The van der Waals surface area contributed by atoms with E-state index < -0.39 is 0 Å². The minimum Gasteiger partial charge on any atom is -0.236 e. The zero-order valence-electron chi connectivity index (χ0n) is 11.7. The lowest BCUT2D eigenvalue weighted by Gasteiger charge is -1.96. The molecule has 0 unspecified atom stereocenters. The highest BCUT2D eigenvalue weighted by Gasteiger charge is 2.05. The molecule has 0 bridgehead atoms. The van der Waals surface area contributed by atoms with Crippen molar-refractivity contribution < 1.29 is 4.39 Å². The summed E-state index contributed by atoms with van der Waals surface area (Å²) in [7, 11) is 0. The second kappa shape index (κ2) is 5.35. The van der Waals surface area contributed by atoms with Gasteiger partial charge in [-0.15, -0.1) is 11.3 Å². The van der Waals surface area contributed by atoms with E-state index in [-0.39, 0.29) is 5.82 Å². The summed E-state index contributed by atoms with van der Waals surface area (Å²) in [5, 5.41) is 3.34. The number of hydrogen-bond donors (Lipinski definition) is 0. The predicted octanol–water partition coefficient (Wildman–Crippen LogP) is 5.76. The van der Waals surface area contributed by atoms with Gasteiger partial charge in [-0.05, 0) is 35.2 Å². The summed E-state index contributed by atoms with van der Waals surface area (Å²) in [6.45, 7) is 0. The maximum absolute atomic E-state index is 12.9. The minimum absolute atomic E-state index is 0.219. The molecule has 0 saturated carbocycles. The maximum atomic E-state index is 12.9. The van der Waals surface area contributed by atoms with E-state index in [1.807, 2.05) is 24.3 Å². The Morgan fingerprint density at radius 2 is 1.68 bits per heavy atom. The summed E-state index contributed by atoms with van der Waals surface area (Å²) in [6, 6.07) is 19.0. The summed E-state index contributed by atoms with van der Waals surface area (Å²) in [6.07, 6.45) is 3.94. The van der Waals surface area contributed by atoms with E-state index in [9.17, 15) is 4.39 Å². The third-order valence-corrected chi connectivity index (χ3v) is 4.57. The fourth-order valence-corrected chi connectivity index (χ4v) is 3.38. The molecule has 1 heterocycles. The van der Waals surface area contributed by atoms with Crippen molar-refractivity contribution in [2.45, 2.75) is 0 Å². The molecule has 4 aromatic rings. The first kappa shape index (κ1) is 13.2. The van der Waals surface area contributed by atoms with Gasteiger partial charge >= 0.3 is 0 Å². The molecule has 0 aliphatic rings. The monoisotopic (exact) mass is 305 g/mol. The predicted molar refractivity (Wildman–Crippen MR) is 92.5 cm³/mol. The van der Waals surface area contributed by atoms with Crippen LogP contribution in [0, 0.1) is 5.82 Å². The Labute approximate surface area is 131 Å². The van der Waals surface area contributed by atoms with Gasteiger partial charge in [-0.3, -0.25) is 0 Å². The highest BCUT2D eigenvalue weighted by Crippen LogP contribution is 2.30. The summed E-state index contributed by atoms with van der Waals surface area (Å²) in [5.41, 5.74) is 2.01. The normalized spacial score (nSPS) is 11.7. The molecule has 0 atom stereocenters. The van der Waals surface area contributed by atoms with Crippen LogP contribution in [0.3, 0.4) is 0 Å². The molecule has 0 spiro atoms. The molecule has 1 nitrogen and oxygen atoms in total. The van der Waals surface area contributed by atoms with E-state index in [4.69, 9.17) is 4.98 Å². The molecule has 0 aliphatic carbocycles. The Morgan fingerprint density at radius 1 is 0.864 bits per heavy atom. The van der Waals surface area contributed by atoms with E-state index in [1.54, 1.807) is 23.5 Å². The van der Waals surface area contributed by atoms with Crippen LogP contribution in [-0.4, -0.2) is 4.98 Å². The van der Waals surface area contributed by atoms with Crippen molar-refractivity contribution in [3.8, 4) is 0 Å². The highest BCUT2D eigenvalue weighted by atomic mass is 32.1. The lowest BCUT2D eigenvalue weighted by molar-refractivity contribution is 0.628. The number of hydrogen-bond acceptors (Lipinski definition) is 2. The van der Waals surface area contributed by atoms with Gasteiger partial charge in [-0.1, -0.05) is 48.5 Å². The summed E-state index contributed by atoms with van der Waals surface area (Å²) >= 11 is 1.66. The number of aromatic nitrogens is 1. The molecule has 1 aromatic heterocycles. The van der Waals surface area contributed by atoms with Crippen molar-refractivity contribution >= 4 is 44.5 Å². The van der Waals surface area contributed by atoms with Crippen molar-refractivity contribution in [2.75, 3.05) is 0 Å². The van der Waals surface area contributed by atoms with Gasteiger partial charge in [-0.2, -0.15) is 0 Å². The molecule has 0 radical (unpaired) electrons. The Bertz CT molecular complexity index is 983. The minimum atomic E-state index is -0.219. The van der Waals surface area contributed by atoms with Crippen LogP contribution in [0.15, 0.2) is 60.7 Å². The fourth-order valence-electron chi connectivity index (χ4n) is 2.49. The van der Waals surface area contributed by atoms with Crippen LogP contribution < -0.4 is 0 Å². The Balaban J connectivity index is 1.76. The van der Waals surface area contributed by atoms with Crippen molar-refractivity contribution in [1.29, 1.82) is 0 Å². The standard InChI is InChI=1S/C19H12FNS/c20-15-9-5-13(6-10-15)7-12-18-21-19-16-4-2-1-3-14(16)8-11-17(19)22-18/h1-12H/b12-7+. The van der Waals surface area contributed by atoms with Gasteiger partial charge in [0, 0.05) is 5.39 Å². The summed E-state index contributed by atoms with van der Waals surface area (Å²) in [5.74, 6) is -0.219. The molecule has 3 aromatic carbocycles. The maximum Gasteiger partial charge on any atom is 0.123 e. The zero-order valence-corrected chi connectivity index (χ0v) is 12.5. The van der Waals surface area contributed by atoms with Crippen molar-refractivity contribution in [2.24, 2.45) is 0 Å². The fraction of sp³-hybridized carbons (Fsp3) is 0. The first-order valence-corrected chi connectivity index (χ1v) is 7.83. The third-order valence-electron chi connectivity index (χ3n) is 3.59. The number of thiazole rings is 1. The Kier molecular flexibility index (Phi) is 3.20. The van der Waals surface area contributed by atoms with Gasteiger partial charge in [0.25, 0.3) is 0 Å². The van der Waals surface area contributed by atoms with Crippen LogP contribution >= 0.6 is 11.3 Å². The number of nitrogens with zero attached hydrogens (tertiary/aromatic N) is 1. The molecule has 22 heavy (non-hydrogen) atoms. The van der Waals surface area contributed by atoms with Gasteiger partial charge in [0.1, 0.15) is 10.8 Å². The van der Waals surface area contributed by atoms with E-state index in [2.05, 4.69) is 24.3 Å². The van der Waals surface area contributed by atoms with Gasteiger partial charge in [0.15, 0.2) is 0 Å². The number of rotatable bonds is 2. The first-order valence-electron chi connectivity index (χ1n) is 7.01. The van der Waals surface area contributed by atoms with E-state index >= 15 is 0 Å². The molecule has 106 valence electrons. The van der Waals surface area contributed by atoms with Gasteiger partial charge < -0.3 is 0 Å². The molecule has 0 saturated heterocycles. The van der Waals surface area contributed by atoms with Crippen molar-refractivity contribution in [3.05, 3.63) is 77.1 Å². The first-order chi connectivity index (χ1) is 10.8. The van der Waals surface area contributed by atoms with Crippen LogP contribution in [0.4, 0.5) is 4.39 Å². The molecule has 0 aliphatic heterocycles. The summed E-state index contributed by atoms with van der Waals surface area (Å²) in [4.78, 5) is 4.73. The molecule has 3 heteroatoms. The molecule has 0 fully saturated rings. The summed E-state index contributed by atoms with van der Waals surface area (Å²) < 4.78 is 14.1. The molecular weight excluding hydrogens is 293 g/mol. The number of fused-ring (bicyclic) bond motifs is 3. The van der Waals surface area contributed by atoms with Crippen LogP contribution in [0.2, 0.25) is 0 Å². The second-order valence-electron chi connectivity index (χ2n) is 5.07. The van der Waals surface area contributed by atoms with Crippen molar-refractivity contribution in [1.82, 2.24) is 4.98 Å². The molecule has 4 rings (SSSR count). The molecule has 0 amide bonds. The van der Waals surface area contributed by atoms with Crippen molar-refractivity contribution in [3.63, 3.8) is 0 Å². The van der Waals surface area contributed by atoms with Gasteiger partial charge in [-0.25, -0.2) is 9.37 Å². The second-order valence-corrected chi connectivity index (χ2v) is 6.13. The average molecular weight is 305 g/mol.